The Hall–Kier alpha value is -1.15. The quantitative estimate of drug-likeness (QED) is 0.583. The summed E-state index contributed by atoms with van der Waals surface area (Å²) in [4.78, 5) is 23.2. The molecule has 1 amide bonds. The molecular formula is C15H20INO4. The van der Waals surface area contributed by atoms with E-state index in [0.717, 1.165) is 9.13 Å². The lowest BCUT2D eigenvalue weighted by Crippen LogP contribution is -2.55. The fourth-order valence-corrected chi connectivity index (χ4v) is 2.08. The number of alkyl carbamates (subject to hydrolysis) is 1. The van der Waals surface area contributed by atoms with Gasteiger partial charge in [0, 0.05) is 9.99 Å². The van der Waals surface area contributed by atoms with Gasteiger partial charge in [-0.25, -0.2) is 4.79 Å². The van der Waals surface area contributed by atoms with Crippen molar-refractivity contribution in [1.29, 1.82) is 0 Å². The molecule has 0 aliphatic carbocycles. The molecule has 0 aromatic heterocycles. The van der Waals surface area contributed by atoms with Crippen LogP contribution < -0.4 is 5.32 Å². The smallest absolute Gasteiger partial charge is 0.408 e. The summed E-state index contributed by atoms with van der Waals surface area (Å²) in [5, 5.41) is 12.0. The predicted octanol–water partition coefficient (Wildman–Crippen LogP) is 2.29. The minimum Gasteiger partial charge on any atom is -0.444 e. The molecule has 0 bridgehead atoms. The van der Waals surface area contributed by atoms with Gasteiger partial charge in [-0.2, -0.15) is 0 Å². The van der Waals surface area contributed by atoms with Crippen LogP contribution in [0.5, 0.6) is 0 Å². The first-order valence-corrected chi connectivity index (χ1v) is 7.60. The summed E-state index contributed by atoms with van der Waals surface area (Å²) in [6.45, 7) is 4.69. The van der Waals surface area contributed by atoms with E-state index in [-0.39, 0.29) is 6.42 Å². The fourth-order valence-electron chi connectivity index (χ4n) is 1.72. The number of halogens is 1. The van der Waals surface area contributed by atoms with Crippen LogP contribution in [0.15, 0.2) is 24.3 Å². The topological polar surface area (TPSA) is 75.6 Å². The molecule has 6 heteroatoms. The lowest BCUT2D eigenvalue weighted by molar-refractivity contribution is -0.115. The Bertz CT molecular complexity index is 495. The third-order valence-electron chi connectivity index (χ3n) is 2.69. The van der Waals surface area contributed by atoms with E-state index in [2.05, 4.69) is 27.9 Å². The highest BCUT2D eigenvalue weighted by Gasteiger charge is 2.33. The predicted molar refractivity (Wildman–Crippen MR) is 88.1 cm³/mol. The van der Waals surface area contributed by atoms with Gasteiger partial charge in [-0.05, 0) is 61.1 Å². The van der Waals surface area contributed by atoms with Crippen LogP contribution in [-0.2, 0) is 16.0 Å². The molecule has 0 saturated carbocycles. The van der Waals surface area contributed by atoms with Gasteiger partial charge in [0.05, 0.1) is 6.61 Å². The van der Waals surface area contributed by atoms with Crippen molar-refractivity contribution in [3.63, 3.8) is 0 Å². The van der Waals surface area contributed by atoms with Gasteiger partial charge in [0.1, 0.15) is 17.4 Å². The highest BCUT2D eigenvalue weighted by molar-refractivity contribution is 14.1. The highest BCUT2D eigenvalue weighted by atomic mass is 127. The first-order valence-electron chi connectivity index (χ1n) is 6.52. The maximum atomic E-state index is 11.8. The van der Waals surface area contributed by atoms with Crippen molar-refractivity contribution in [3.05, 3.63) is 33.4 Å². The largest absolute Gasteiger partial charge is 0.444 e. The van der Waals surface area contributed by atoms with Gasteiger partial charge in [-0.3, -0.25) is 0 Å². The van der Waals surface area contributed by atoms with E-state index in [9.17, 15) is 14.7 Å². The number of carbonyl (C=O) groups is 2. The average molecular weight is 405 g/mol. The van der Waals surface area contributed by atoms with E-state index < -0.39 is 23.8 Å². The Labute approximate surface area is 138 Å². The molecular weight excluding hydrogens is 385 g/mol. The van der Waals surface area contributed by atoms with Gasteiger partial charge in [0.2, 0.25) is 0 Å². The second-order valence-corrected chi connectivity index (χ2v) is 7.11. The van der Waals surface area contributed by atoms with Gasteiger partial charge in [-0.15, -0.1) is 0 Å². The summed E-state index contributed by atoms with van der Waals surface area (Å²) in [7, 11) is 0. The Morgan fingerprint density at radius 3 is 2.33 bits per heavy atom. The fraction of sp³-hybridized carbons (Fsp3) is 0.467. The van der Waals surface area contributed by atoms with Crippen molar-refractivity contribution in [2.75, 3.05) is 6.61 Å². The first-order chi connectivity index (χ1) is 9.69. The monoisotopic (exact) mass is 405 g/mol. The molecule has 0 spiro atoms. The van der Waals surface area contributed by atoms with Gasteiger partial charge in [0.25, 0.3) is 0 Å². The summed E-state index contributed by atoms with van der Waals surface area (Å²) < 4.78 is 6.20. The second-order valence-electron chi connectivity index (χ2n) is 5.86. The molecule has 5 nitrogen and oxygen atoms in total. The minimum atomic E-state index is -1.38. The molecule has 0 saturated heterocycles. The van der Waals surface area contributed by atoms with Crippen molar-refractivity contribution in [1.82, 2.24) is 5.32 Å². The number of aliphatic hydroxyl groups excluding tert-OH is 1. The van der Waals surface area contributed by atoms with Crippen LogP contribution in [0.25, 0.3) is 0 Å². The van der Waals surface area contributed by atoms with E-state index in [0.29, 0.717) is 6.29 Å². The van der Waals surface area contributed by atoms with E-state index in [1.54, 1.807) is 20.8 Å². The molecule has 1 aromatic carbocycles. The second kappa shape index (κ2) is 7.22. The molecule has 1 atom stereocenters. The molecule has 0 aliphatic rings. The Balaban J connectivity index is 2.85. The molecule has 0 aliphatic heterocycles. The standard InChI is InChI=1S/C15H20INO4/c1-14(2,3)21-13(20)17-15(9-18,10-19)8-11-4-6-12(16)7-5-11/h4-7,9,19H,8,10H2,1-3H3,(H,17,20). The number of nitrogens with one attached hydrogen (secondary N) is 1. The molecule has 1 unspecified atom stereocenters. The van der Waals surface area contributed by atoms with Crippen LogP contribution in [-0.4, -0.2) is 35.2 Å². The zero-order valence-corrected chi connectivity index (χ0v) is 14.5. The first kappa shape index (κ1) is 17.9. The van der Waals surface area contributed by atoms with Crippen LogP contribution in [0.3, 0.4) is 0 Å². The zero-order valence-electron chi connectivity index (χ0n) is 12.4. The molecule has 21 heavy (non-hydrogen) atoms. The number of amides is 1. The number of carbonyl (C=O) groups excluding carboxylic acids is 2. The SMILES string of the molecule is CC(C)(C)OC(=O)NC(C=O)(CO)Cc1ccc(I)cc1. The maximum absolute atomic E-state index is 11.8. The molecule has 2 N–H and O–H groups in total. The number of benzene rings is 1. The summed E-state index contributed by atoms with van der Waals surface area (Å²) in [6.07, 6.45) is 0.0204. The molecule has 116 valence electrons. The number of aldehydes is 1. The molecule has 0 heterocycles. The third kappa shape index (κ3) is 6.01. The van der Waals surface area contributed by atoms with Crippen molar-refractivity contribution in [2.45, 2.75) is 38.3 Å². The van der Waals surface area contributed by atoms with E-state index in [1.807, 2.05) is 24.3 Å². The average Bonchev–Trinajstić information content (AvgIpc) is 2.38. The minimum absolute atomic E-state index is 0.198. The summed E-state index contributed by atoms with van der Waals surface area (Å²) in [5.74, 6) is 0. The van der Waals surface area contributed by atoms with Crippen molar-refractivity contribution in [2.24, 2.45) is 0 Å². The zero-order chi connectivity index (χ0) is 16.1. The third-order valence-corrected chi connectivity index (χ3v) is 3.41. The van der Waals surface area contributed by atoms with Crippen molar-refractivity contribution in [3.8, 4) is 0 Å². The number of rotatable bonds is 5. The Morgan fingerprint density at radius 1 is 1.33 bits per heavy atom. The normalized spacial score (nSPS) is 14.1. The van der Waals surface area contributed by atoms with Gasteiger partial charge >= 0.3 is 6.09 Å². The van der Waals surface area contributed by atoms with E-state index in [4.69, 9.17) is 4.74 Å². The molecule has 0 fully saturated rings. The number of hydrogen-bond acceptors (Lipinski definition) is 4. The van der Waals surface area contributed by atoms with Gasteiger partial charge < -0.3 is 20.0 Å². The van der Waals surface area contributed by atoms with Crippen molar-refractivity contribution < 1.29 is 19.4 Å². The van der Waals surface area contributed by atoms with Crippen LogP contribution in [0.2, 0.25) is 0 Å². The summed E-state index contributed by atoms with van der Waals surface area (Å²) in [6, 6.07) is 7.51. The van der Waals surface area contributed by atoms with E-state index in [1.165, 1.54) is 0 Å². The van der Waals surface area contributed by atoms with Crippen LogP contribution in [0.4, 0.5) is 4.79 Å². The number of ether oxygens (including phenoxy) is 1. The molecule has 1 aromatic rings. The van der Waals surface area contributed by atoms with E-state index >= 15 is 0 Å². The number of hydrogen-bond donors (Lipinski definition) is 2. The van der Waals surface area contributed by atoms with Gasteiger partial charge in [0.15, 0.2) is 0 Å². The summed E-state index contributed by atoms with van der Waals surface area (Å²) >= 11 is 2.18. The Morgan fingerprint density at radius 2 is 1.90 bits per heavy atom. The summed E-state index contributed by atoms with van der Waals surface area (Å²) in [5.41, 5.74) is -1.21. The number of aliphatic hydroxyl groups is 1. The maximum Gasteiger partial charge on any atom is 0.408 e. The van der Waals surface area contributed by atoms with Gasteiger partial charge in [-0.1, -0.05) is 12.1 Å². The van der Waals surface area contributed by atoms with Crippen LogP contribution in [0.1, 0.15) is 26.3 Å². The van der Waals surface area contributed by atoms with Crippen LogP contribution >= 0.6 is 22.6 Å². The lowest BCUT2D eigenvalue weighted by Gasteiger charge is -2.29. The van der Waals surface area contributed by atoms with Crippen molar-refractivity contribution >= 4 is 35.0 Å². The molecule has 0 radical (unpaired) electrons. The molecule has 1 rings (SSSR count). The highest BCUT2D eigenvalue weighted by Crippen LogP contribution is 2.15. The lowest BCUT2D eigenvalue weighted by atomic mass is 9.93. The Kier molecular flexibility index (Phi) is 6.15. The van der Waals surface area contributed by atoms with Crippen LogP contribution in [0, 0.1) is 3.57 Å².